The Balaban J connectivity index is 1.77. The molecule has 0 saturated heterocycles. The molecule has 0 aliphatic heterocycles. The van der Waals surface area contributed by atoms with Crippen LogP contribution in [0.2, 0.25) is 0 Å². The fraction of sp³-hybridized carbons (Fsp3) is 0.158. The highest BCUT2D eigenvalue weighted by Gasteiger charge is 2.27. The molecule has 0 amide bonds. The van der Waals surface area contributed by atoms with E-state index in [2.05, 4.69) is 4.72 Å². The second kappa shape index (κ2) is 8.05. The number of halogens is 2. The molecule has 0 saturated carbocycles. The Morgan fingerprint density at radius 2 is 1.45 bits per heavy atom. The third kappa shape index (κ3) is 4.55. The molecule has 29 heavy (non-hydrogen) atoms. The molecule has 1 N–H and O–H groups in total. The van der Waals surface area contributed by atoms with E-state index < -0.39 is 30.5 Å². The molecule has 0 heterocycles. The largest absolute Gasteiger partial charge is 0.497 e. The van der Waals surface area contributed by atoms with Crippen LogP contribution in [0.15, 0.2) is 70.5 Å². The Labute approximate surface area is 167 Å². The lowest BCUT2D eigenvalue weighted by atomic mass is 10.1. The van der Waals surface area contributed by atoms with Crippen LogP contribution in [-0.4, -0.2) is 29.7 Å². The summed E-state index contributed by atoms with van der Waals surface area (Å²) in [7, 11) is -7.17. The van der Waals surface area contributed by atoms with Gasteiger partial charge >= 0.3 is 5.76 Å². The summed E-state index contributed by atoms with van der Waals surface area (Å²) < 4.78 is 80.4. The van der Waals surface area contributed by atoms with Crippen LogP contribution in [-0.2, 0) is 26.4 Å². The highest BCUT2D eigenvalue weighted by Crippen LogP contribution is 2.23. The SMILES string of the molecule is COc1ccc2cc(CNS(=O)(=O)c3ccc(S(=O)(=O)C(F)F)cc3)ccc2c1. The van der Waals surface area contributed by atoms with Crippen LogP contribution in [0, 0.1) is 0 Å². The summed E-state index contributed by atoms with van der Waals surface area (Å²) in [6, 6.07) is 14.6. The van der Waals surface area contributed by atoms with E-state index >= 15 is 0 Å². The monoisotopic (exact) mass is 441 g/mol. The topological polar surface area (TPSA) is 89.5 Å². The van der Waals surface area contributed by atoms with E-state index in [1.165, 1.54) is 0 Å². The maximum absolute atomic E-state index is 12.6. The van der Waals surface area contributed by atoms with Crippen LogP contribution in [0.5, 0.6) is 5.75 Å². The molecule has 10 heteroatoms. The van der Waals surface area contributed by atoms with Crippen molar-refractivity contribution in [3.63, 3.8) is 0 Å². The number of methoxy groups -OCH3 is 1. The number of ether oxygens (including phenoxy) is 1. The Kier molecular flexibility index (Phi) is 5.87. The summed E-state index contributed by atoms with van der Waals surface area (Å²) in [5, 5.41) is 1.84. The van der Waals surface area contributed by atoms with Gasteiger partial charge in [0.05, 0.1) is 16.9 Å². The molecule has 0 fully saturated rings. The smallest absolute Gasteiger partial charge is 0.341 e. The molecular formula is C19H17F2NO5S2. The van der Waals surface area contributed by atoms with Crippen molar-refractivity contribution in [2.75, 3.05) is 7.11 Å². The highest BCUT2D eigenvalue weighted by atomic mass is 32.2. The normalized spacial score (nSPS) is 12.4. The average molecular weight is 441 g/mol. The molecule has 3 rings (SSSR count). The quantitative estimate of drug-likeness (QED) is 0.608. The van der Waals surface area contributed by atoms with Crippen molar-refractivity contribution in [3.05, 3.63) is 66.2 Å². The molecule has 3 aromatic rings. The molecule has 0 aliphatic rings. The highest BCUT2D eigenvalue weighted by molar-refractivity contribution is 7.91. The number of rotatable bonds is 7. The maximum atomic E-state index is 12.6. The molecule has 0 aliphatic carbocycles. The van der Waals surface area contributed by atoms with Crippen LogP contribution in [0.1, 0.15) is 5.56 Å². The van der Waals surface area contributed by atoms with Crippen LogP contribution >= 0.6 is 0 Å². The zero-order chi connectivity index (χ0) is 21.2. The lowest BCUT2D eigenvalue weighted by Crippen LogP contribution is -2.23. The molecule has 0 atom stereocenters. The van der Waals surface area contributed by atoms with Crippen LogP contribution in [0.3, 0.4) is 0 Å². The van der Waals surface area contributed by atoms with Gasteiger partial charge in [-0.05, 0) is 58.8 Å². The standard InChI is InChI=1S/C19H17F2NO5S2/c1-27-16-5-4-14-10-13(2-3-15(14)11-16)12-22-29(25,26)18-8-6-17(7-9-18)28(23,24)19(20)21/h2-11,19,22H,12H2,1H3. The number of sulfonamides is 1. The summed E-state index contributed by atoms with van der Waals surface area (Å²) in [6.45, 7) is 0.00138. The van der Waals surface area contributed by atoms with E-state index in [1.807, 2.05) is 24.3 Å². The van der Waals surface area contributed by atoms with Gasteiger partial charge in [-0.25, -0.2) is 21.6 Å². The lowest BCUT2D eigenvalue weighted by molar-refractivity contribution is 0.234. The minimum absolute atomic E-state index is 0.00138. The molecule has 0 bridgehead atoms. The van der Waals surface area contributed by atoms with Gasteiger partial charge < -0.3 is 4.74 Å². The first kappa shape index (κ1) is 21.2. The minimum Gasteiger partial charge on any atom is -0.497 e. The Hall–Kier alpha value is -2.56. The van der Waals surface area contributed by atoms with E-state index in [-0.39, 0.29) is 11.4 Å². The molecule has 0 spiro atoms. The van der Waals surface area contributed by atoms with Gasteiger partial charge in [-0.15, -0.1) is 0 Å². The van der Waals surface area contributed by atoms with Crippen molar-refractivity contribution < 1.29 is 30.4 Å². The van der Waals surface area contributed by atoms with Gasteiger partial charge in [-0.1, -0.05) is 18.2 Å². The minimum atomic E-state index is -4.78. The molecule has 154 valence electrons. The first-order valence-corrected chi connectivity index (χ1v) is 11.3. The van der Waals surface area contributed by atoms with E-state index in [4.69, 9.17) is 4.74 Å². The number of hydrogen-bond acceptors (Lipinski definition) is 5. The third-order valence-electron chi connectivity index (χ3n) is 4.28. The fourth-order valence-electron chi connectivity index (χ4n) is 2.68. The zero-order valence-electron chi connectivity index (χ0n) is 15.2. The Morgan fingerprint density at radius 1 is 0.862 bits per heavy atom. The van der Waals surface area contributed by atoms with Crippen LogP contribution < -0.4 is 9.46 Å². The molecular weight excluding hydrogens is 424 g/mol. The zero-order valence-corrected chi connectivity index (χ0v) is 16.8. The summed E-state index contributed by atoms with van der Waals surface area (Å²) in [6.07, 6.45) is 0. The second-order valence-corrected chi connectivity index (χ2v) is 9.83. The van der Waals surface area contributed by atoms with Gasteiger partial charge in [0, 0.05) is 6.54 Å². The van der Waals surface area contributed by atoms with E-state index in [0.29, 0.717) is 11.3 Å². The van der Waals surface area contributed by atoms with Crippen LogP contribution in [0.25, 0.3) is 10.8 Å². The molecule has 3 aromatic carbocycles. The summed E-state index contributed by atoms with van der Waals surface area (Å²) in [5.74, 6) is -2.86. The number of fused-ring (bicyclic) bond motifs is 1. The first-order valence-electron chi connectivity index (χ1n) is 8.32. The van der Waals surface area contributed by atoms with E-state index in [9.17, 15) is 25.6 Å². The number of sulfone groups is 1. The summed E-state index contributed by atoms with van der Waals surface area (Å²) >= 11 is 0. The van der Waals surface area contributed by atoms with Gasteiger partial charge in [0.2, 0.25) is 19.9 Å². The summed E-state index contributed by atoms with van der Waals surface area (Å²) in [5.41, 5.74) is 0.711. The van der Waals surface area contributed by atoms with Crippen molar-refractivity contribution in [3.8, 4) is 5.75 Å². The van der Waals surface area contributed by atoms with E-state index in [0.717, 1.165) is 35.0 Å². The number of nitrogens with one attached hydrogen (secondary N) is 1. The predicted octanol–water partition coefficient (Wildman–Crippen LogP) is 3.32. The van der Waals surface area contributed by atoms with Gasteiger partial charge in [-0.3, -0.25) is 0 Å². The van der Waals surface area contributed by atoms with Crippen molar-refractivity contribution in [2.45, 2.75) is 22.1 Å². The predicted molar refractivity (Wildman–Crippen MR) is 104 cm³/mol. The van der Waals surface area contributed by atoms with Crippen LogP contribution in [0.4, 0.5) is 8.78 Å². The maximum Gasteiger partial charge on any atom is 0.341 e. The van der Waals surface area contributed by atoms with Crippen molar-refractivity contribution >= 4 is 30.6 Å². The molecule has 6 nitrogen and oxygen atoms in total. The fourth-order valence-corrected chi connectivity index (χ4v) is 4.42. The van der Waals surface area contributed by atoms with Gasteiger partial charge in [0.1, 0.15) is 5.75 Å². The second-order valence-electron chi connectivity index (χ2n) is 6.15. The third-order valence-corrected chi connectivity index (χ3v) is 7.09. The number of hydrogen-bond donors (Lipinski definition) is 1. The average Bonchev–Trinajstić information content (AvgIpc) is 2.71. The van der Waals surface area contributed by atoms with Gasteiger partial charge in [0.15, 0.2) is 0 Å². The van der Waals surface area contributed by atoms with E-state index in [1.54, 1.807) is 19.2 Å². The summed E-state index contributed by atoms with van der Waals surface area (Å²) in [4.78, 5) is -0.868. The first-order chi connectivity index (χ1) is 13.6. The van der Waals surface area contributed by atoms with Crippen molar-refractivity contribution in [1.82, 2.24) is 4.72 Å². The molecule has 0 radical (unpaired) electrons. The molecule has 0 unspecified atom stereocenters. The Morgan fingerprint density at radius 3 is 2.07 bits per heavy atom. The van der Waals surface area contributed by atoms with Crippen molar-refractivity contribution in [2.24, 2.45) is 0 Å². The number of benzene rings is 3. The lowest BCUT2D eigenvalue weighted by Gasteiger charge is -2.09. The Bertz CT molecular complexity index is 1240. The van der Waals surface area contributed by atoms with Gasteiger partial charge in [0.25, 0.3) is 0 Å². The molecule has 0 aromatic heterocycles. The van der Waals surface area contributed by atoms with Crippen molar-refractivity contribution in [1.29, 1.82) is 0 Å². The van der Waals surface area contributed by atoms with Gasteiger partial charge in [-0.2, -0.15) is 8.78 Å². The number of alkyl halides is 2.